The second-order valence-electron chi connectivity index (χ2n) is 5.80. The van der Waals surface area contributed by atoms with Gasteiger partial charge in [0.2, 0.25) is 0 Å². The summed E-state index contributed by atoms with van der Waals surface area (Å²) in [5, 5.41) is 15.7. The van der Waals surface area contributed by atoms with Gasteiger partial charge in [0, 0.05) is 11.6 Å². The Labute approximate surface area is 145 Å². The average Bonchev–Trinajstić information content (AvgIpc) is 3.12. The molecule has 0 saturated carbocycles. The van der Waals surface area contributed by atoms with Crippen molar-refractivity contribution in [1.29, 1.82) is 5.26 Å². The largest absolute Gasteiger partial charge is 0.334 e. The highest BCUT2D eigenvalue weighted by molar-refractivity contribution is 6.08. The maximum absolute atomic E-state index is 12.7. The fourth-order valence-electron chi connectivity index (χ4n) is 2.31. The van der Waals surface area contributed by atoms with Crippen molar-refractivity contribution in [3.8, 4) is 17.5 Å². The van der Waals surface area contributed by atoms with Crippen molar-refractivity contribution in [2.45, 2.75) is 19.8 Å². The first-order valence-electron chi connectivity index (χ1n) is 7.83. The van der Waals surface area contributed by atoms with Crippen LogP contribution in [0.15, 0.2) is 53.1 Å². The molecule has 3 aromatic rings. The molecule has 0 radical (unpaired) electrons. The van der Waals surface area contributed by atoms with E-state index in [9.17, 15) is 4.79 Å². The number of amides is 1. The highest BCUT2D eigenvalue weighted by Gasteiger charge is 2.18. The zero-order valence-corrected chi connectivity index (χ0v) is 13.9. The summed E-state index contributed by atoms with van der Waals surface area (Å²) in [5.74, 6) is 0.717. The Balaban J connectivity index is 1.91. The zero-order valence-electron chi connectivity index (χ0n) is 13.9. The van der Waals surface area contributed by atoms with Gasteiger partial charge in [-0.2, -0.15) is 10.2 Å². The highest BCUT2D eigenvalue weighted by atomic mass is 16.5. The minimum atomic E-state index is -0.310. The monoisotopic (exact) mass is 332 g/mol. The molecule has 6 heteroatoms. The van der Waals surface area contributed by atoms with Crippen LogP contribution in [0.2, 0.25) is 0 Å². The molecule has 0 aliphatic heterocycles. The molecule has 2 aromatic carbocycles. The Morgan fingerprint density at radius 2 is 2.00 bits per heavy atom. The molecule has 0 unspecified atom stereocenters. The third-order valence-corrected chi connectivity index (χ3v) is 3.61. The highest BCUT2D eigenvalue weighted by Crippen LogP contribution is 2.24. The van der Waals surface area contributed by atoms with Crippen LogP contribution in [-0.4, -0.2) is 16.0 Å². The third-order valence-electron chi connectivity index (χ3n) is 3.61. The molecule has 0 saturated heterocycles. The van der Waals surface area contributed by atoms with E-state index in [0.29, 0.717) is 34.1 Å². The molecule has 0 atom stereocenters. The fourth-order valence-corrected chi connectivity index (χ4v) is 2.31. The molecule has 25 heavy (non-hydrogen) atoms. The molecule has 0 spiro atoms. The predicted octanol–water partition coefficient (Wildman–Crippen LogP) is 3.98. The van der Waals surface area contributed by atoms with Gasteiger partial charge in [-0.05, 0) is 30.3 Å². The molecule has 1 aromatic heterocycles. The van der Waals surface area contributed by atoms with Gasteiger partial charge in [0.05, 0.1) is 22.8 Å². The second kappa shape index (κ2) is 6.97. The summed E-state index contributed by atoms with van der Waals surface area (Å²) in [7, 11) is 0. The van der Waals surface area contributed by atoms with Gasteiger partial charge in [0.25, 0.3) is 11.8 Å². The minimum absolute atomic E-state index is 0.132. The van der Waals surface area contributed by atoms with E-state index in [1.54, 1.807) is 42.5 Å². The number of aromatic nitrogens is 2. The molecule has 1 N–H and O–H groups in total. The van der Waals surface area contributed by atoms with E-state index in [1.807, 2.05) is 26.0 Å². The van der Waals surface area contributed by atoms with E-state index in [0.717, 1.165) is 0 Å². The van der Waals surface area contributed by atoms with Crippen LogP contribution in [-0.2, 0) is 0 Å². The van der Waals surface area contributed by atoms with Gasteiger partial charge >= 0.3 is 0 Å². The number of nitriles is 1. The quantitative estimate of drug-likeness (QED) is 0.780. The van der Waals surface area contributed by atoms with Crippen LogP contribution in [0, 0.1) is 11.3 Å². The number of hydrogen-bond acceptors (Lipinski definition) is 5. The van der Waals surface area contributed by atoms with Crippen LogP contribution in [0.1, 0.15) is 41.5 Å². The van der Waals surface area contributed by atoms with Gasteiger partial charge in [0.15, 0.2) is 5.82 Å². The Morgan fingerprint density at radius 3 is 2.72 bits per heavy atom. The topological polar surface area (TPSA) is 91.8 Å². The Hall–Kier alpha value is -3.46. The maximum Gasteiger partial charge on any atom is 0.258 e. The van der Waals surface area contributed by atoms with Gasteiger partial charge in [0.1, 0.15) is 0 Å². The SMILES string of the molecule is CC(C)c1noc(-c2ccccc2C(=O)Nc2cccc(C#N)c2)n1. The third kappa shape index (κ3) is 3.56. The van der Waals surface area contributed by atoms with Crippen molar-refractivity contribution in [2.24, 2.45) is 0 Å². The normalized spacial score (nSPS) is 10.5. The van der Waals surface area contributed by atoms with Crippen LogP contribution in [0.4, 0.5) is 5.69 Å². The summed E-state index contributed by atoms with van der Waals surface area (Å²) < 4.78 is 5.31. The molecule has 3 rings (SSSR count). The van der Waals surface area contributed by atoms with Gasteiger partial charge in [-0.15, -0.1) is 0 Å². The molecule has 0 fully saturated rings. The van der Waals surface area contributed by atoms with Gasteiger partial charge in [-0.25, -0.2) is 0 Å². The summed E-state index contributed by atoms with van der Waals surface area (Å²) >= 11 is 0. The van der Waals surface area contributed by atoms with Gasteiger partial charge < -0.3 is 9.84 Å². The summed E-state index contributed by atoms with van der Waals surface area (Å²) in [6, 6.07) is 15.8. The number of nitrogens with one attached hydrogen (secondary N) is 1. The van der Waals surface area contributed by atoms with Crippen LogP contribution in [0.3, 0.4) is 0 Å². The lowest BCUT2D eigenvalue weighted by atomic mass is 10.1. The van der Waals surface area contributed by atoms with Crippen LogP contribution in [0.5, 0.6) is 0 Å². The molecule has 1 heterocycles. The molecule has 6 nitrogen and oxygen atoms in total. The zero-order chi connectivity index (χ0) is 17.8. The smallest absolute Gasteiger partial charge is 0.258 e. The van der Waals surface area contributed by atoms with Crippen molar-refractivity contribution in [1.82, 2.24) is 10.1 Å². The van der Waals surface area contributed by atoms with E-state index in [4.69, 9.17) is 9.78 Å². The molecular weight excluding hydrogens is 316 g/mol. The Kier molecular flexibility index (Phi) is 4.57. The van der Waals surface area contributed by atoms with Crippen molar-refractivity contribution in [3.05, 3.63) is 65.5 Å². The predicted molar refractivity (Wildman–Crippen MR) is 92.9 cm³/mol. The second-order valence-corrected chi connectivity index (χ2v) is 5.80. The average molecular weight is 332 g/mol. The first-order valence-corrected chi connectivity index (χ1v) is 7.83. The summed E-state index contributed by atoms with van der Waals surface area (Å²) in [6.45, 7) is 3.94. The van der Waals surface area contributed by atoms with Crippen LogP contribution in [0.25, 0.3) is 11.5 Å². The molecule has 0 aliphatic rings. The molecule has 0 bridgehead atoms. The molecule has 0 aliphatic carbocycles. The fraction of sp³-hybridized carbons (Fsp3) is 0.158. The Morgan fingerprint density at radius 1 is 1.20 bits per heavy atom. The summed E-state index contributed by atoms with van der Waals surface area (Å²) in [6.07, 6.45) is 0. The number of carbonyl (C=O) groups is 1. The standard InChI is InChI=1S/C19H16N4O2/c1-12(2)17-22-19(25-23-17)16-9-4-3-8-15(16)18(24)21-14-7-5-6-13(10-14)11-20/h3-10,12H,1-2H3,(H,21,24). The molecule has 1 amide bonds. The van der Waals surface area contributed by atoms with E-state index in [1.165, 1.54) is 0 Å². The van der Waals surface area contributed by atoms with Crippen molar-refractivity contribution in [3.63, 3.8) is 0 Å². The lowest BCUT2D eigenvalue weighted by Crippen LogP contribution is -2.13. The lowest BCUT2D eigenvalue weighted by molar-refractivity contribution is 0.102. The van der Waals surface area contributed by atoms with E-state index < -0.39 is 0 Å². The van der Waals surface area contributed by atoms with Crippen molar-refractivity contribution < 1.29 is 9.32 Å². The van der Waals surface area contributed by atoms with E-state index in [2.05, 4.69) is 15.5 Å². The van der Waals surface area contributed by atoms with Gasteiger partial charge in [-0.3, -0.25) is 4.79 Å². The molecular formula is C19H16N4O2. The van der Waals surface area contributed by atoms with Crippen molar-refractivity contribution >= 4 is 11.6 Å². The number of benzene rings is 2. The number of hydrogen-bond donors (Lipinski definition) is 1. The lowest BCUT2D eigenvalue weighted by Gasteiger charge is -2.08. The number of carbonyl (C=O) groups excluding carboxylic acids is 1. The first kappa shape index (κ1) is 16.4. The number of anilines is 1. The summed E-state index contributed by atoms with van der Waals surface area (Å²) in [4.78, 5) is 17.0. The van der Waals surface area contributed by atoms with E-state index >= 15 is 0 Å². The van der Waals surface area contributed by atoms with Gasteiger partial charge in [-0.1, -0.05) is 37.2 Å². The van der Waals surface area contributed by atoms with Crippen molar-refractivity contribution in [2.75, 3.05) is 5.32 Å². The number of rotatable bonds is 4. The summed E-state index contributed by atoms with van der Waals surface area (Å²) in [5.41, 5.74) is 2.01. The first-order chi connectivity index (χ1) is 12.1. The van der Waals surface area contributed by atoms with Crippen LogP contribution >= 0.6 is 0 Å². The number of nitrogens with zero attached hydrogens (tertiary/aromatic N) is 3. The molecule has 124 valence electrons. The Bertz CT molecular complexity index is 954. The maximum atomic E-state index is 12.7. The van der Waals surface area contributed by atoms with Crippen LogP contribution < -0.4 is 5.32 Å². The van der Waals surface area contributed by atoms with E-state index in [-0.39, 0.29) is 11.8 Å². The minimum Gasteiger partial charge on any atom is -0.334 e.